The summed E-state index contributed by atoms with van der Waals surface area (Å²) < 4.78 is 10.5. The number of carbonyl (C=O) groups excluding carboxylic acids is 3. The maximum atomic E-state index is 12.4. The van der Waals surface area contributed by atoms with Crippen molar-refractivity contribution in [3.63, 3.8) is 0 Å². The molecule has 0 aliphatic carbocycles. The molecular formula is C19H19N2O6-. The van der Waals surface area contributed by atoms with Crippen LogP contribution in [-0.4, -0.2) is 32.0 Å². The summed E-state index contributed by atoms with van der Waals surface area (Å²) >= 11 is 0. The number of benzene rings is 2. The Morgan fingerprint density at radius 3 is 1.96 bits per heavy atom. The molecule has 2 aromatic rings. The number of carbonyl (C=O) groups is 3. The average molecular weight is 371 g/mol. The van der Waals surface area contributed by atoms with Gasteiger partial charge in [-0.3, -0.25) is 9.59 Å². The predicted molar refractivity (Wildman–Crippen MR) is 96.8 cm³/mol. The van der Waals surface area contributed by atoms with Crippen molar-refractivity contribution in [2.45, 2.75) is 12.8 Å². The van der Waals surface area contributed by atoms with Gasteiger partial charge >= 0.3 is 0 Å². The van der Waals surface area contributed by atoms with Crippen LogP contribution < -0.4 is 25.2 Å². The second-order valence-corrected chi connectivity index (χ2v) is 5.49. The summed E-state index contributed by atoms with van der Waals surface area (Å²) in [6, 6.07) is 11.6. The fraction of sp³-hybridized carbons (Fsp3) is 0.211. The quantitative estimate of drug-likeness (QED) is 0.725. The Balaban J connectivity index is 2.23. The maximum Gasteiger partial charge on any atom is 0.255 e. The molecule has 0 bridgehead atoms. The fourth-order valence-electron chi connectivity index (χ4n) is 2.31. The Kier molecular flexibility index (Phi) is 6.76. The number of rotatable bonds is 8. The summed E-state index contributed by atoms with van der Waals surface area (Å²) in [5.41, 5.74) is 1.12. The number of amides is 2. The zero-order valence-electron chi connectivity index (χ0n) is 14.9. The minimum Gasteiger partial charge on any atom is -0.550 e. The zero-order chi connectivity index (χ0) is 19.8. The lowest BCUT2D eigenvalue weighted by Gasteiger charge is -2.16. The summed E-state index contributed by atoms with van der Waals surface area (Å²) in [6.45, 7) is 0. The second-order valence-electron chi connectivity index (χ2n) is 5.49. The van der Waals surface area contributed by atoms with Gasteiger partial charge in [-0.25, -0.2) is 0 Å². The molecule has 0 unspecified atom stereocenters. The van der Waals surface area contributed by atoms with Crippen LogP contribution in [0, 0.1) is 0 Å². The Bertz CT molecular complexity index is 836. The van der Waals surface area contributed by atoms with Crippen molar-refractivity contribution >= 4 is 29.2 Å². The van der Waals surface area contributed by atoms with Crippen LogP contribution in [0.5, 0.6) is 11.5 Å². The molecule has 2 rings (SSSR count). The maximum absolute atomic E-state index is 12.4. The third-order valence-electron chi connectivity index (χ3n) is 3.64. The molecule has 2 aromatic carbocycles. The SMILES string of the molecule is COc1cc(NC(=O)c2ccccc2)c(OC)cc1NC(=O)CCC(=O)[O-]. The van der Waals surface area contributed by atoms with Crippen molar-refractivity contribution in [3.05, 3.63) is 48.0 Å². The summed E-state index contributed by atoms with van der Waals surface area (Å²) in [6.07, 6.45) is -0.628. The standard InChI is InChI=1S/C19H20N2O6/c1-26-15-11-14(21-19(25)12-6-4-3-5-7-12)16(27-2)10-13(15)20-17(22)8-9-18(23)24/h3-7,10-11H,8-9H2,1-2H3,(H,20,22)(H,21,25)(H,23,24)/p-1. The highest BCUT2D eigenvalue weighted by molar-refractivity contribution is 6.05. The van der Waals surface area contributed by atoms with E-state index >= 15 is 0 Å². The fourth-order valence-corrected chi connectivity index (χ4v) is 2.31. The first-order valence-corrected chi connectivity index (χ1v) is 8.06. The number of nitrogens with one attached hydrogen (secondary N) is 2. The number of ether oxygens (including phenoxy) is 2. The smallest absolute Gasteiger partial charge is 0.255 e. The average Bonchev–Trinajstić information content (AvgIpc) is 2.67. The highest BCUT2D eigenvalue weighted by Gasteiger charge is 2.16. The molecule has 0 spiro atoms. The first-order valence-electron chi connectivity index (χ1n) is 8.06. The molecule has 0 heterocycles. The molecule has 142 valence electrons. The highest BCUT2D eigenvalue weighted by Crippen LogP contribution is 2.36. The van der Waals surface area contributed by atoms with E-state index in [0.29, 0.717) is 17.0 Å². The molecule has 2 amide bonds. The molecule has 0 saturated heterocycles. The number of carboxylic acids is 1. The van der Waals surface area contributed by atoms with Gasteiger partial charge < -0.3 is 30.0 Å². The van der Waals surface area contributed by atoms with Crippen LogP contribution in [0.25, 0.3) is 0 Å². The van der Waals surface area contributed by atoms with Crippen LogP contribution in [0.4, 0.5) is 11.4 Å². The van der Waals surface area contributed by atoms with Crippen LogP contribution in [0.15, 0.2) is 42.5 Å². The van der Waals surface area contributed by atoms with E-state index in [0.717, 1.165) is 0 Å². The third-order valence-corrected chi connectivity index (χ3v) is 3.64. The van der Waals surface area contributed by atoms with Gasteiger partial charge in [0.1, 0.15) is 11.5 Å². The summed E-state index contributed by atoms with van der Waals surface area (Å²) in [5.74, 6) is -1.58. The topological polar surface area (TPSA) is 117 Å². The van der Waals surface area contributed by atoms with Gasteiger partial charge in [0.2, 0.25) is 5.91 Å². The van der Waals surface area contributed by atoms with Gasteiger partial charge in [-0.1, -0.05) is 18.2 Å². The molecule has 2 N–H and O–H groups in total. The molecule has 0 radical (unpaired) electrons. The van der Waals surface area contributed by atoms with Crippen molar-refractivity contribution in [2.24, 2.45) is 0 Å². The van der Waals surface area contributed by atoms with Crippen molar-refractivity contribution < 1.29 is 29.0 Å². The van der Waals surface area contributed by atoms with Crippen molar-refractivity contribution in [3.8, 4) is 11.5 Å². The first-order chi connectivity index (χ1) is 12.9. The normalized spacial score (nSPS) is 10.0. The Morgan fingerprint density at radius 1 is 0.889 bits per heavy atom. The van der Waals surface area contributed by atoms with E-state index in [2.05, 4.69) is 10.6 Å². The van der Waals surface area contributed by atoms with Gasteiger partial charge in [0.05, 0.1) is 25.6 Å². The Morgan fingerprint density at radius 2 is 1.44 bits per heavy atom. The molecule has 0 aliphatic heterocycles. The molecular weight excluding hydrogens is 352 g/mol. The van der Waals surface area contributed by atoms with E-state index < -0.39 is 18.3 Å². The predicted octanol–water partition coefficient (Wildman–Crippen LogP) is 1.42. The molecule has 0 aromatic heterocycles. The van der Waals surface area contributed by atoms with E-state index in [-0.39, 0.29) is 23.8 Å². The zero-order valence-corrected chi connectivity index (χ0v) is 14.9. The van der Waals surface area contributed by atoms with Crippen LogP contribution in [0.2, 0.25) is 0 Å². The van der Waals surface area contributed by atoms with E-state index in [9.17, 15) is 19.5 Å². The molecule has 0 saturated carbocycles. The van der Waals surface area contributed by atoms with Crippen molar-refractivity contribution in [1.82, 2.24) is 0 Å². The van der Waals surface area contributed by atoms with E-state index in [1.807, 2.05) is 0 Å². The lowest BCUT2D eigenvalue weighted by Crippen LogP contribution is -2.24. The highest BCUT2D eigenvalue weighted by atomic mass is 16.5. The number of carboxylic acid groups (broad SMARTS) is 1. The van der Waals surface area contributed by atoms with Crippen LogP contribution in [-0.2, 0) is 9.59 Å². The number of anilines is 2. The molecule has 0 fully saturated rings. The van der Waals surface area contributed by atoms with Gasteiger partial charge in [0.25, 0.3) is 5.91 Å². The molecule has 8 heteroatoms. The minimum absolute atomic E-state index is 0.236. The van der Waals surface area contributed by atoms with Gasteiger partial charge in [0.15, 0.2) is 0 Å². The third kappa shape index (κ3) is 5.46. The van der Waals surface area contributed by atoms with Crippen LogP contribution in [0.3, 0.4) is 0 Å². The number of methoxy groups -OCH3 is 2. The largest absolute Gasteiger partial charge is 0.550 e. The lowest BCUT2D eigenvalue weighted by atomic mass is 10.2. The molecule has 8 nitrogen and oxygen atoms in total. The molecule has 0 aliphatic rings. The van der Waals surface area contributed by atoms with Crippen molar-refractivity contribution in [1.29, 1.82) is 0 Å². The second kappa shape index (κ2) is 9.23. The Hall–Kier alpha value is -3.55. The van der Waals surface area contributed by atoms with Crippen molar-refractivity contribution in [2.75, 3.05) is 24.9 Å². The van der Waals surface area contributed by atoms with Gasteiger partial charge in [-0.2, -0.15) is 0 Å². The van der Waals surface area contributed by atoms with Crippen LogP contribution in [0.1, 0.15) is 23.2 Å². The summed E-state index contributed by atoms with van der Waals surface area (Å²) in [4.78, 5) is 34.7. The lowest BCUT2D eigenvalue weighted by molar-refractivity contribution is -0.305. The number of hydrogen-bond acceptors (Lipinski definition) is 6. The van der Waals surface area contributed by atoms with E-state index in [1.54, 1.807) is 30.3 Å². The Labute approximate surface area is 156 Å². The molecule has 0 atom stereocenters. The van der Waals surface area contributed by atoms with E-state index in [1.165, 1.54) is 26.4 Å². The van der Waals surface area contributed by atoms with Gasteiger partial charge in [0, 0.05) is 30.1 Å². The molecule has 27 heavy (non-hydrogen) atoms. The summed E-state index contributed by atoms with van der Waals surface area (Å²) in [5, 5.41) is 15.8. The van der Waals surface area contributed by atoms with Crippen LogP contribution >= 0.6 is 0 Å². The summed E-state index contributed by atoms with van der Waals surface area (Å²) in [7, 11) is 2.82. The number of hydrogen-bond donors (Lipinski definition) is 2. The minimum atomic E-state index is -1.31. The first kappa shape index (κ1) is 19.8. The number of aliphatic carboxylic acids is 1. The van der Waals surface area contributed by atoms with E-state index in [4.69, 9.17) is 9.47 Å². The van der Waals surface area contributed by atoms with Gasteiger partial charge in [-0.15, -0.1) is 0 Å². The van der Waals surface area contributed by atoms with Gasteiger partial charge in [-0.05, 0) is 18.6 Å². The monoisotopic (exact) mass is 371 g/mol.